The van der Waals surface area contributed by atoms with Gasteiger partial charge in [-0.15, -0.1) is 0 Å². The van der Waals surface area contributed by atoms with Crippen LogP contribution in [-0.2, 0) is 11.2 Å². The van der Waals surface area contributed by atoms with Crippen molar-refractivity contribution in [3.8, 4) is 0 Å². The Morgan fingerprint density at radius 2 is 2.15 bits per heavy atom. The van der Waals surface area contributed by atoms with Gasteiger partial charge in [-0.2, -0.15) is 0 Å². The fourth-order valence-electron chi connectivity index (χ4n) is 2.62. The maximum absolute atomic E-state index is 12.0. The average molecular weight is 276 g/mol. The minimum absolute atomic E-state index is 0.112. The summed E-state index contributed by atoms with van der Waals surface area (Å²) in [6.45, 7) is 1.92. The molecule has 0 aromatic heterocycles. The van der Waals surface area contributed by atoms with Crippen LogP contribution >= 0.6 is 0 Å². The Hall–Kier alpha value is -1.88. The van der Waals surface area contributed by atoms with E-state index in [0.29, 0.717) is 5.56 Å². The number of carbonyl (C=O) groups is 2. The number of benzene rings is 1. The fourth-order valence-corrected chi connectivity index (χ4v) is 2.62. The largest absolute Gasteiger partial charge is 0.478 e. The SMILES string of the molecule is CN1CCCC(NC(=O)Cc2ccccc2C(=O)O)C1. The zero-order valence-electron chi connectivity index (χ0n) is 11.6. The fraction of sp³-hybridized carbons (Fsp3) is 0.467. The summed E-state index contributed by atoms with van der Waals surface area (Å²) in [5, 5.41) is 12.1. The van der Waals surface area contributed by atoms with Gasteiger partial charge in [0.25, 0.3) is 0 Å². The minimum Gasteiger partial charge on any atom is -0.478 e. The molecule has 1 heterocycles. The van der Waals surface area contributed by atoms with Crippen molar-refractivity contribution < 1.29 is 14.7 Å². The summed E-state index contributed by atoms with van der Waals surface area (Å²) in [6, 6.07) is 6.80. The molecule has 0 radical (unpaired) electrons. The number of carboxylic acids is 1. The molecule has 108 valence electrons. The number of nitrogens with one attached hydrogen (secondary N) is 1. The lowest BCUT2D eigenvalue weighted by atomic mass is 10.0. The van der Waals surface area contributed by atoms with Crippen molar-refractivity contribution in [2.45, 2.75) is 25.3 Å². The van der Waals surface area contributed by atoms with E-state index in [-0.39, 0.29) is 23.9 Å². The lowest BCUT2D eigenvalue weighted by molar-refractivity contribution is -0.121. The van der Waals surface area contributed by atoms with E-state index in [1.165, 1.54) is 6.07 Å². The third-order valence-corrected chi connectivity index (χ3v) is 3.59. The van der Waals surface area contributed by atoms with Crippen LogP contribution in [0.15, 0.2) is 24.3 Å². The Balaban J connectivity index is 1.96. The molecule has 1 aromatic carbocycles. The van der Waals surface area contributed by atoms with Crippen LogP contribution < -0.4 is 5.32 Å². The number of likely N-dealkylation sites (N-methyl/N-ethyl adjacent to an activating group) is 1. The molecule has 1 unspecified atom stereocenters. The highest BCUT2D eigenvalue weighted by molar-refractivity contribution is 5.91. The Labute approximate surface area is 118 Å². The van der Waals surface area contributed by atoms with Crippen LogP contribution in [0, 0.1) is 0 Å². The van der Waals surface area contributed by atoms with Gasteiger partial charge in [0.15, 0.2) is 0 Å². The van der Waals surface area contributed by atoms with Crippen molar-refractivity contribution in [1.29, 1.82) is 0 Å². The van der Waals surface area contributed by atoms with Crippen molar-refractivity contribution in [2.75, 3.05) is 20.1 Å². The molecule has 0 bridgehead atoms. The molecule has 5 nitrogen and oxygen atoms in total. The highest BCUT2D eigenvalue weighted by atomic mass is 16.4. The summed E-state index contributed by atoms with van der Waals surface area (Å²) < 4.78 is 0. The van der Waals surface area contributed by atoms with Gasteiger partial charge in [0, 0.05) is 12.6 Å². The van der Waals surface area contributed by atoms with Crippen LogP contribution in [0.1, 0.15) is 28.8 Å². The van der Waals surface area contributed by atoms with Gasteiger partial charge in [-0.25, -0.2) is 4.79 Å². The Bertz CT molecular complexity index is 502. The Morgan fingerprint density at radius 3 is 2.85 bits per heavy atom. The quantitative estimate of drug-likeness (QED) is 0.865. The Morgan fingerprint density at radius 1 is 1.40 bits per heavy atom. The topological polar surface area (TPSA) is 69.6 Å². The average Bonchev–Trinajstić information content (AvgIpc) is 2.38. The molecule has 5 heteroatoms. The maximum Gasteiger partial charge on any atom is 0.335 e. The molecule has 1 amide bonds. The number of piperidine rings is 1. The molecule has 1 fully saturated rings. The first kappa shape index (κ1) is 14.5. The van der Waals surface area contributed by atoms with E-state index in [4.69, 9.17) is 5.11 Å². The molecule has 1 aliphatic heterocycles. The molecule has 0 spiro atoms. The molecular weight excluding hydrogens is 256 g/mol. The summed E-state index contributed by atoms with van der Waals surface area (Å²) in [5.74, 6) is -1.11. The number of rotatable bonds is 4. The highest BCUT2D eigenvalue weighted by Crippen LogP contribution is 2.11. The summed E-state index contributed by atoms with van der Waals surface area (Å²) in [6.07, 6.45) is 2.17. The zero-order chi connectivity index (χ0) is 14.5. The molecule has 1 saturated heterocycles. The van der Waals surface area contributed by atoms with E-state index in [1.54, 1.807) is 18.2 Å². The van der Waals surface area contributed by atoms with E-state index < -0.39 is 5.97 Å². The number of amides is 1. The van der Waals surface area contributed by atoms with Gasteiger partial charge < -0.3 is 15.3 Å². The van der Waals surface area contributed by atoms with Gasteiger partial charge in [-0.05, 0) is 38.1 Å². The van der Waals surface area contributed by atoms with E-state index in [0.717, 1.165) is 25.9 Å². The van der Waals surface area contributed by atoms with Crippen LogP contribution in [0.4, 0.5) is 0 Å². The molecule has 1 aromatic rings. The lowest BCUT2D eigenvalue weighted by Crippen LogP contribution is -2.46. The summed E-state index contributed by atoms with van der Waals surface area (Å²) >= 11 is 0. The third-order valence-electron chi connectivity index (χ3n) is 3.59. The molecular formula is C15H20N2O3. The number of carbonyl (C=O) groups excluding carboxylic acids is 1. The molecule has 0 aliphatic carbocycles. The zero-order valence-corrected chi connectivity index (χ0v) is 11.6. The van der Waals surface area contributed by atoms with E-state index in [2.05, 4.69) is 10.2 Å². The normalized spacial score (nSPS) is 19.6. The standard InChI is InChI=1S/C15H20N2O3/c1-17-8-4-6-12(10-17)16-14(18)9-11-5-2-3-7-13(11)15(19)20/h2-3,5,7,12H,4,6,8-10H2,1H3,(H,16,18)(H,19,20). The van der Waals surface area contributed by atoms with Crippen molar-refractivity contribution in [1.82, 2.24) is 10.2 Å². The van der Waals surface area contributed by atoms with Gasteiger partial charge in [-0.3, -0.25) is 4.79 Å². The minimum atomic E-state index is -0.995. The number of hydrogen-bond donors (Lipinski definition) is 2. The second kappa shape index (κ2) is 6.52. The molecule has 1 aliphatic rings. The first-order chi connectivity index (χ1) is 9.56. The van der Waals surface area contributed by atoms with Gasteiger partial charge in [0.1, 0.15) is 0 Å². The van der Waals surface area contributed by atoms with Gasteiger partial charge in [-0.1, -0.05) is 18.2 Å². The van der Waals surface area contributed by atoms with Crippen molar-refractivity contribution in [2.24, 2.45) is 0 Å². The first-order valence-electron chi connectivity index (χ1n) is 6.85. The number of aromatic carboxylic acids is 1. The van der Waals surface area contributed by atoms with Crippen molar-refractivity contribution in [3.63, 3.8) is 0 Å². The van der Waals surface area contributed by atoms with E-state index >= 15 is 0 Å². The molecule has 1 atom stereocenters. The van der Waals surface area contributed by atoms with Gasteiger partial charge in [0.2, 0.25) is 5.91 Å². The van der Waals surface area contributed by atoms with Crippen molar-refractivity contribution in [3.05, 3.63) is 35.4 Å². The number of carboxylic acid groups (broad SMARTS) is 1. The predicted molar refractivity (Wildman–Crippen MR) is 75.8 cm³/mol. The van der Waals surface area contributed by atoms with E-state index in [9.17, 15) is 9.59 Å². The maximum atomic E-state index is 12.0. The first-order valence-corrected chi connectivity index (χ1v) is 6.85. The number of hydrogen-bond acceptors (Lipinski definition) is 3. The number of nitrogens with zero attached hydrogens (tertiary/aromatic N) is 1. The lowest BCUT2D eigenvalue weighted by Gasteiger charge is -2.30. The van der Waals surface area contributed by atoms with Gasteiger partial charge in [0.05, 0.1) is 12.0 Å². The van der Waals surface area contributed by atoms with Crippen LogP contribution in [0.3, 0.4) is 0 Å². The Kier molecular flexibility index (Phi) is 4.74. The number of likely N-dealkylation sites (tertiary alicyclic amines) is 1. The van der Waals surface area contributed by atoms with Crippen molar-refractivity contribution >= 4 is 11.9 Å². The molecule has 2 rings (SSSR count). The molecule has 20 heavy (non-hydrogen) atoms. The smallest absolute Gasteiger partial charge is 0.335 e. The predicted octanol–water partition coefficient (Wildman–Crippen LogP) is 1.14. The summed E-state index contributed by atoms with van der Waals surface area (Å²) in [4.78, 5) is 25.3. The van der Waals surface area contributed by atoms with Crippen LogP contribution in [-0.4, -0.2) is 48.1 Å². The monoisotopic (exact) mass is 276 g/mol. The van der Waals surface area contributed by atoms with Crippen LogP contribution in [0.2, 0.25) is 0 Å². The van der Waals surface area contributed by atoms with E-state index in [1.807, 2.05) is 7.05 Å². The van der Waals surface area contributed by atoms with Crippen LogP contribution in [0.5, 0.6) is 0 Å². The highest BCUT2D eigenvalue weighted by Gasteiger charge is 2.20. The second-order valence-corrected chi connectivity index (χ2v) is 5.31. The van der Waals surface area contributed by atoms with Gasteiger partial charge >= 0.3 is 5.97 Å². The second-order valence-electron chi connectivity index (χ2n) is 5.31. The summed E-state index contributed by atoms with van der Waals surface area (Å²) in [7, 11) is 2.04. The summed E-state index contributed by atoms with van der Waals surface area (Å²) in [5.41, 5.74) is 0.755. The third kappa shape index (κ3) is 3.81. The molecule has 2 N–H and O–H groups in total. The molecule has 0 saturated carbocycles. The van der Waals surface area contributed by atoms with Crippen LogP contribution in [0.25, 0.3) is 0 Å².